The van der Waals surface area contributed by atoms with Crippen molar-refractivity contribution in [2.75, 3.05) is 29.4 Å². The first-order chi connectivity index (χ1) is 13.8. The van der Waals surface area contributed by atoms with Crippen molar-refractivity contribution in [3.63, 3.8) is 0 Å². The number of amides is 3. The Hall–Kier alpha value is -3.59. The first-order valence-corrected chi connectivity index (χ1v) is 9.09. The predicted octanol–water partition coefficient (Wildman–Crippen LogP) is 2.41. The van der Waals surface area contributed by atoms with Crippen LogP contribution in [0.25, 0.3) is 11.1 Å². The molecule has 0 bridgehead atoms. The lowest BCUT2D eigenvalue weighted by molar-refractivity contribution is 0.0954. The van der Waals surface area contributed by atoms with Gasteiger partial charge in [-0.05, 0) is 42.3 Å². The Morgan fingerprint density at radius 1 is 1.03 bits per heavy atom. The van der Waals surface area contributed by atoms with E-state index in [1.54, 1.807) is 49.4 Å². The van der Waals surface area contributed by atoms with Gasteiger partial charge >= 0.3 is 12.2 Å². The molecule has 0 unspecified atom stereocenters. The number of hydrogen-bond acceptors (Lipinski definition) is 4. The molecule has 152 valence electrons. The summed E-state index contributed by atoms with van der Waals surface area (Å²) in [6, 6.07) is 11.3. The number of nitrogens with zero attached hydrogens (tertiary/aromatic N) is 2. The van der Waals surface area contributed by atoms with Crippen molar-refractivity contribution in [2.45, 2.75) is 13.0 Å². The molecule has 3 amide bonds. The van der Waals surface area contributed by atoms with Gasteiger partial charge < -0.3 is 21.3 Å². The molecule has 3 rings (SSSR count). The molecule has 0 fully saturated rings. The average molecular weight is 398 g/mol. The summed E-state index contributed by atoms with van der Waals surface area (Å²) in [5.74, 6) is -0.226. The number of carbonyl (C=O) groups excluding carboxylic acids is 1. The Kier molecular flexibility index (Phi) is 5.69. The Labute approximate surface area is 167 Å². The van der Waals surface area contributed by atoms with Crippen LogP contribution in [0.2, 0.25) is 0 Å². The zero-order chi connectivity index (χ0) is 21.1. The first kappa shape index (κ1) is 20.2. The van der Waals surface area contributed by atoms with E-state index < -0.39 is 18.2 Å². The average Bonchev–Trinajstić information content (AvgIpc) is 2.70. The predicted molar refractivity (Wildman–Crippen MR) is 109 cm³/mol. The lowest BCUT2D eigenvalue weighted by Crippen LogP contribution is -2.51. The van der Waals surface area contributed by atoms with E-state index in [-0.39, 0.29) is 12.5 Å². The van der Waals surface area contributed by atoms with Gasteiger partial charge in [0.15, 0.2) is 0 Å². The van der Waals surface area contributed by atoms with Crippen molar-refractivity contribution < 1.29 is 24.6 Å². The van der Waals surface area contributed by atoms with Crippen LogP contribution in [0.5, 0.6) is 0 Å². The Morgan fingerprint density at radius 3 is 2.28 bits per heavy atom. The molecule has 0 aliphatic carbocycles. The monoisotopic (exact) mass is 398 g/mol. The maximum absolute atomic E-state index is 12.0. The fourth-order valence-electron chi connectivity index (χ4n) is 3.38. The van der Waals surface area contributed by atoms with Crippen LogP contribution < -0.4 is 20.9 Å². The number of benzene rings is 2. The second-order valence-corrected chi connectivity index (χ2v) is 6.72. The summed E-state index contributed by atoms with van der Waals surface area (Å²) in [7, 11) is 0. The molecule has 0 aromatic heterocycles. The van der Waals surface area contributed by atoms with E-state index >= 15 is 0 Å². The highest BCUT2D eigenvalue weighted by Gasteiger charge is 2.35. The van der Waals surface area contributed by atoms with Crippen molar-refractivity contribution in [3.8, 4) is 11.1 Å². The van der Waals surface area contributed by atoms with Crippen LogP contribution in [-0.2, 0) is 0 Å². The minimum atomic E-state index is -1.15. The van der Waals surface area contributed by atoms with Crippen molar-refractivity contribution in [3.05, 3.63) is 48.0 Å². The maximum Gasteiger partial charge on any atom is 0.412 e. The minimum Gasteiger partial charge on any atom is -0.465 e. The molecular weight excluding hydrogens is 376 g/mol. The van der Waals surface area contributed by atoms with Crippen LogP contribution >= 0.6 is 0 Å². The summed E-state index contributed by atoms with van der Waals surface area (Å²) < 4.78 is 0. The highest BCUT2D eigenvalue weighted by atomic mass is 16.4. The van der Waals surface area contributed by atoms with Gasteiger partial charge in [-0.25, -0.2) is 9.59 Å². The van der Waals surface area contributed by atoms with Gasteiger partial charge in [-0.1, -0.05) is 18.2 Å². The van der Waals surface area contributed by atoms with Crippen molar-refractivity contribution in [1.29, 1.82) is 0 Å². The molecule has 0 saturated heterocycles. The van der Waals surface area contributed by atoms with Crippen LogP contribution in [0.3, 0.4) is 0 Å². The van der Waals surface area contributed by atoms with E-state index in [4.69, 9.17) is 5.73 Å². The zero-order valence-electron chi connectivity index (χ0n) is 15.8. The Morgan fingerprint density at radius 2 is 1.69 bits per heavy atom. The number of nitrogens with two attached hydrogens (primary N) is 1. The zero-order valence-corrected chi connectivity index (χ0v) is 15.8. The molecule has 1 aliphatic heterocycles. The molecule has 0 saturated carbocycles. The third-order valence-corrected chi connectivity index (χ3v) is 4.76. The second-order valence-electron chi connectivity index (χ2n) is 6.72. The molecule has 29 heavy (non-hydrogen) atoms. The van der Waals surface area contributed by atoms with Crippen LogP contribution in [0, 0.1) is 0 Å². The number of carbonyl (C=O) groups is 3. The topological polar surface area (TPSA) is 136 Å². The summed E-state index contributed by atoms with van der Waals surface area (Å²) in [5.41, 5.74) is 7.97. The molecule has 9 heteroatoms. The number of nitrogens with one attached hydrogen (secondary N) is 1. The van der Waals surface area contributed by atoms with E-state index in [2.05, 4.69) is 5.32 Å². The van der Waals surface area contributed by atoms with E-state index in [1.165, 1.54) is 4.90 Å². The fourth-order valence-corrected chi connectivity index (χ4v) is 3.38. The van der Waals surface area contributed by atoms with Gasteiger partial charge in [0.25, 0.3) is 5.91 Å². The molecule has 0 spiro atoms. The fraction of sp³-hybridized carbons (Fsp3) is 0.250. The van der Waals surface area contributed by atoms with Crippen molar-refractivity contribution in [2.24, 2.45) is 5.73 Å². The van der Waals surface area contributed by atoms with Crippen molar-refractivity contribution >= 4 is 29.5 Å². The molecule has 0 radical (unpaired) electrons. The molecule has 2 aromatic carbocycles. The summed E-state index contributed by atoms with van der Waals surface area (Å²) >= 11 is 0. The first-order valence-electron chi connectivity index (χ1n) is 9.09. The smallest absolute Gasteiger partial charge is 0.412 e. The normalized spacial score (nSPS) is 15.6. The highest BCUT2D eigenvalue weighted by Crippen LogP contribution is 2.38. The third-order valence-electron chi connectivity index (χ3n) is 4.76. The molecule has 5 N–H and O–H groups in total. The van der Waals surface area contributed by atoms with E-state index in [1.807, 2.05) is 0 Å². The van der Waals surface area contributed by atoms with Crippen LogP contribution in [-0.4, -0.2) is 54.0 Å². The number of anilines is 2. The van der Waals surface area contributed by atoms with Gasteiger partial charge in [-0.2, -0.15) is 0 Å². The van der Waals surface area contributed by atoms with Crippen LogP contribution in [0.1, 0.15) is 17.3 Å². The Balaban J connectivity index is 1.96. The van der Waals surface area contributed by atoms with Gasteiger partial charge in [0, 0.05) is 18.7 Å². The number of hydrogen-bond donors (Lipinski definition) is 4. The molecule has 1 aliphatic rings. The van der Waals surface area contributed by atoms with Crippen molar-refractivity contribution in [1.82, 2.24) is 5.32 Å². The lowest BCUT2D eigenvalue weighted by atomic mass is 10.00. The summed E-state index contributed by atoms with van der Waals surface area (Å²) in [6.07, 6.45) is -2.28. The minimum absolute atomic E-state index is 0.0400. The van der Waals surface area contributed by atoms with E-state index in [0.717, 1.165) is 10.5 Å². The van der Waals surface area contributed by atoms with E-state index in [9.17, 15) is 24.6 Å². The number of carboxylic acid groups (broad SMARTS) is 2. The molecule has 1 heterocycles. The summed E-state index contributed by atoms with van der Waals surface area (Å²) in [4.78, 5) is 37.7. The molecular formula is C20H22N4O5. The maximum atomic E-state index is 12.0. The quantitative estimate of drug-likeness (QED) is 0.624. The largest absolute Gasteiger partial charge is 0.465 e. The third kappa shape index (κ3) is 3.99. The van der Waals surface area contributed by atoms with Crippen LogP contribution in [0.15, 0.2) is 42.5 Å². The summed E-state index contributed by atoms with van der Waals surface area (Å²) in [5, 5.41) is 21.8. The number of rotatable bonds is 4. The molecule has 9 nitrogen and oxygen atoms in total. The van der Waals surface area contributed by atoms with Gasteiger partial charge in [0.05, 0.1) is 24.0 Å². The molecule has 1 atom stereocenters. The summed E-state index contributed by atoms with van der Waals surface area (Å²) in [6.45, 7) is 2.44. The SMILES string of the molecule is C[C@H]1CN(C(=O)O)c2cc(-c3ccc(C(=O)NCCN)cc3)ccc2N1C(=O)O. The van der Waals surface area contributed by atoms with Gasteiger partial charge in [0.2, 0.25) is 0 Å². The Bertz CT molecular complexity index is 944. The van der Waals surface area contributed by atoms with Gasteiger partial charge in [0.1, 0.15) is 0 Å². The van der Waals surface area contributed by atoms with Gasteiger partial charge in [-0.3, -0.25) is 14.6 Å². The standard InChI is InChI=1S/C20H22N4O5/c1-12-11-23(19(26)27)17-10-15(6-7-16(17)24(12)20(28)29)13-2-4-14(5-3-13)18(25)22-9-8-21/h2-7,10,12H,8-9,11,21H2,1H3,(H,22,25)(H,26,27)(H,28,29)/t12-/m0/s1. The molecule has 2 aromatic rings. The highest BCUT2D eigenvalue weighted by molar-refractivity contribution is 6.01. The van der Waals surface area contributed by atoms with Crippen LogP contribution in [0.4, 0.5) is 21.0 Å². The number of fused-ring (bicyclic) bond motifs is 1. The second kappa shape index (κ2) is 8.19. The van der Waals surface area contributed by atoms with Gasteiger partial charge in [-0.15, -0.1) is 0 Å². The lowest BCUT2D eigenvalue weighted by Gasteiger charge is -2.38. The van der Waals surface area contributed by atoms with E-state index in [0.29, 0.717) is 35.6 Å².